The fourth-order valence-corrected chi connectivity index (χ4v) is 3.06. The molecule has 1 aromatic heterocycles. The predicted molar refractivity (Wildman–Crippen MR) is 93.1 cm³/mol. The maximum atomic E-state index is 11.9. The largest absolute Gasteiger partial charge is 0.462 e. The summed E-state index contributed by atoms with van der Waals surface area (Å²) < 4.78 is 5.07. The number of carbonyl (C=O) groups is 1. The van der Waals surface area contributed by atoms with Gasteiger partial charge in [0.05, 0.1) is 18.3 Å². The van der Waals surface area contributed by atoms with Crippen LogP contribution >= 0.6 is 11.3 Å². The Hall–Kier alpha value is -1.63. The van der Waals surface area contributed by atoms with Crippen molar-refractivity contribution in [1.82, 2.24) is 15.6 Å². The van der Waals surface area contributed by atoms with E-state index < -0.39 is 0 Å². The van der Waals surface area contributed by atoms with Crippen LogP contribution in [0.1, 0.15) is 60.0 Å². The van der Waals surface area contributed by atoms with Gasteiger partial charge in [0.1, 0.15) is 9.88 Å². The van der Waals surface area contributed by atoms with E-state index >= 15 is 0 Å². The molecule has 23 heavy (non-hydrogen) atoms. The molecular weight excluding hydrogens is 312 g/mol. The number of aryl methyl sites for hydroxylation is 1. The number of guanidine groups is 1. The molecule has 1 heterocycles. The van der Waals surface area contributed by atoms with Crippen LogP contribution < -0.4 is 10.6 Å². The third-order valence-corrected chi connectivity index (χ3v) is 4.87. The molecule has 2 rings (SSSR count). The van der Waals surface area contributed by atoms with Gasteiger partial charge < -0.3 is 15.4 Å². The van der Waals surface area contributed by atoms with Crippen LogP contribution in [0, 0.1) is 12.8 Å². The fourth-order valence-electron chi connectivity index (χ4n) is 2.10. The second-order valence-electron chi connectivity index (χ2n) is 5.72. The standard InChI is InChI=1S/C16H26N4O2S/c1-5-17-16(18-9-12-7-8-12)20-11(4)14-19-10(3)13(23-14)15(21)22-6-2/h11-12H,5-9H2,1-4H3,(H2,17,18,20). The molecule has 1 aromatic rings. The van der Waals surface area contributed by atoms with Crippen LogP contribution in [0.25, 0.3) is 0 Å². The first-order valence-electron chi connectivity index (χ1n) is 8.24. The molecule has 7 heteroatoms. The van der Waals surface area contributed by atoms with Crippen LogP contribution in [0.15, 0.2) is 4.99 Å². The lowest BCUT2D eigenvalue weighted by Crippen LogP contribution is -2.38. The van der Waals surface area contributed by atoms with Crippen LogP contribution in [0.3, 0.4) is 0 Å². The van der Waals surface area contributed by atoms with E-state index in [2.05, 4.69) is 20.6 Å². The average Bonchev–Trinajstić information content (AvgIpc) is 3.26. The number of esters is 1. The van der Waals surface area contributed by atoms with Gasteiger partial charge in [-0.3, -0.25) is 4.99 Å². The van der Waals surface area contributed by atoms with Gasteiger partial charge in [-0.2, -0.15) is 0 Å². The Morgan fingerprint density at radius 1 is 1.48 bits per heavy atom. The summed E-state index contributed by atoms with van der Waals surface area (Å²) in [6, 6.07) is -0.0149. The molecule has 6 nitrogen and oxygen atoms in total. The van der Waals surface area contributed by atoms with Crippen molar-refractivity contribution in [1.29, 1.82) is 0 Å². The number of aliphatic imine (C=N–C) groups is 1. The number of hydrogen-bond donors (Lipinski definition) is 2. The number of carbonyl (C=O) groups excluding carboxylic acids is 1. The lowest BCUT2D eigenvalue weighted by atomic mass is 10.3. The van der Waals surface area contributed by atoms with Gasteiger partial charge in [-0.05, 0) is 46.5 Å². The molecule has 0 aromatic carbocycles. The molecule has 2 N–H and O–H groups in total. The van der Waals surface area contributed by atoms with Crippen LogP contribution in [0.4, 0.5) is 0 Å². The fraction of sp³-hybridized carbons (Fsp3) is 0.688. The molecule has 1 saturated carbocycles. The quantitative estimate of drug-likeness (QED) is 0.454. The highest BCUT2D eigenvalue weighted by molar-refractivity contribution is 7.13. The van der Waals surface area contributed by atoms with E-state index in [1.165, 1.54) is 24.2 Å². The number of rotatable bonds is 7. The lowest BCUT2D eigenvalue weighted by molar-refractivity contribution is 0.0531. The molecule has 128 valence electrons. The number of aromatic nitrogens is 1. The van der Waals surface area contributed by atoms with Gasteiger partial charge in [0, 0.05) is 13.1 Å². The van der Waals surface area contributed by atoms with Crippen LogP contribution in [0.2, 0.25) is 0 Å². The number of nitrogens with one attached hydrogen (secondary N) is 2. The Balaban J connectivity index is 2.03. The van der Waals surface area contributed by atoms with Crippen molar-refractivity contribution in [2.24, 2.45) is 10.9 Å². The smallest absolute Gasteiger partial charge is 0.350 e. The van der Waals surface area contributed by atoms with Gasteiger partial charge in [0.25, 0.3) is 0 Å². The van der Waals surface area contributed by atoms with Crippen molar-refractivity contribution in [3.63, 3.8) is 0 Å². The summed E-state index contributed by atoms with van der Waals surface area (Å²) in [7, 11) is 0. The van der Waals surface area contributed by atoms with Gasteiger partial charge in [0.2, 0.25) is 0 Å². The summed E-state index contributed by atoms with van der Waals surface area (Å²) in [5, 5.41) is 7.48. The minimum Gasteiger partial charge on any atom is -0.462 e. The minimum atomic E-state index is -0.296. The van der Waals surface area contributed by atoms with Crippen molar-refractivity contribution in [3.05, 3.63) is 15.6 Å². The van der Waals surface area contributed by atoms with E-state index in [4.69, 9.17) is 4.74 Å². The Bertz CT molecular complexity index is 566. The Morgan fingerprint density at radius 3 is 2.83 bits per heavy atom. The van der Waals surface area contributed by atoms with E-state index in [1.807, 2.05) is 20.8 Å². The minimum absolute atomic E-state index is 0.0149. The molecule has 0 amide bonds. The summed E-state index contributed by atoms with van der Waals surface area (Å²) in [5.74, 6) is 1.26. The monoisotopic (exact) mass is 338 g/mol. The highest BCUT2D eigenvalue weighted by atomic mass is 32.1. The molecule has 1 atom stereocenters. The average molecular weight is 338 g/mol. The Morgan fingerprint density at radius 2 is 2.22 bits per heavy atom. The summed E-state index contributed by atoms with van der Waals surface area (Å²) in [6.07, 6.45) is 2.57. The first-order valence-corrected chi connectivity index (χ1v) is 9.06. The second kappa shape index (κ2) is 8.29. The van der Waals surface area contributed by atoms with Gasteiger partial charge in [-0.25, -0.2) is 9.78 Å². The summed E-state index contributed by atoms with van der Waals surface area (Å²) in [6.45, 7) is 9.77. The number of thiazole rings is 1. The molecule has 1 aliphatic carbocycles. The lowest BCUT2D eigenvalue weighted by Gasteiger charge is -2.15. The summed E-state index contributed by atoms with van der Waals surface area (Å²) in [4.78, 5) is 21.6. The van der Waals surface area contributed by atoms with E-state index in [0.29, 0.717) is 11.5 Å². The first-order chi connectivity index (χ1) is 11.0. The third kappa shape index (κ3) is 5.20. The van der Waals surface area contributed by atoms with Crippen molar-refractivity contribution in [2.75, 3.05) is 19.7 Å². The summed E-state index contributed by atoms with van der Waals surface area (Å²) in [5.41, 5.74) is 0.719. The second-order valence-corrected chi connectivity index (χ2v) is 6.75. The molecule has 1 unspecified atom stereocenters. The van der Waals surface area contributed by atoms with Gasteiger partial charge >= 0.3 is 5.97 Å². The highest BCUT2D eigenvalue weighted by Gasteiger charge is 2.22. The maximum absolute atomic E-state index is 11.9. The Labute approximate surface area is 141 Å². The number of nitrogens with zero attached hydrogens (tertiary/aromatic N) is 2. The van der Waals surface area contributed by atoms with Crippen molar-refractivity contribution >= 4 is 23.3 Å². The third-order valence-electron chi connectivity index (χ3n) is 3.55. The van der Waals surface area contributed by atoms with Crippen LogP contribution in [0.5, 0.6) is 0 Å². The Kier molecular flexibility index (Phi) is 6.38. The number of hydrogen-bond acceptors (Lipinski definition) is 5. The van der Waals surface area contributed by atoms with Crippen molar-refractivity contribution < 1.29 is 9.53 Å². The zero-order valence-electron chi connectivity index (χ0n) is 14.3. The van der Waals surface area contributed by atoms with Crippen LogP contribution in [-0.2, 0) is 4.74 Å². The molecule has 1 fully saturated rings. The summed E-state index contributed by atoms with van der Waals surface area (Å²) >= 11 is 1.38. The van der Waals surface area contributed by atoms with Crippen LogP contribution in [-0.4, -0.2) is 36.6 Å². The molecular formula is C16H26N4O2S. The molecule has 0 saturated heterocycles. The zero-order chi connectivity index (χ0) is 16.8. The molecule has 0 spiro atoms. The van der Waals surface area contributed by atoms with Gasteiger partial charge in [0.15, 0.2) is 5.96 Å². The SMILES string of the molecule is CCNC(=NCC1CC1)NC(C)c1nc(C)c(C(=O)OCC)s1. The predicted octanol–water partition coefficient (Wildman–Crippen LogP) is 2.65. The highest BCUT2D eigenvalue weighted by Crippen LogP contribution is 2.29. The molecule has 0 aliphatic heterocycles. The normalized spacial score (nSPS) is 16.1. The van der Waals surface area contributed by atoms with Crippen molar-refractivity contribution in [3.8, 4) is 0 Å². The first kappa shape index (κ1) is 17.7. The topological polar surface area (TPSA) is 75.6 Å². The van der Waals surface area contributed by atoms with E-state index in [-0.39, 0.29) is 12.0 Å². The molecule has 0 bridgehead atoms. The maximum Gasteiger partial charge on any atom is 0.350 e. The van der Waals surface area contributed by atoms with E-state index in [1.54, 1.807) is 6.92 Å². The molecule has 1 aliphatic rings. The van der Waals surface area contributed by atoms with Crippen molar-refractivity contribution in [2.45, 2.75) is 46.6 Å². The van der Waals surface area contributed by atoms with E-state index in [9.17, 15) is 4.79 Å². The van der Waals surface area contributed by atoms with Gasteiger partial charge in [-0.15, -0.1) is 11.3 Å². The zero-order valence-corrected chi connectivity index (χ0v) is 15.1. The number of ether oxygens (including phenoxy) is 1. The van der Waals surface area contributed by atoms with Gasteiger partial charge in [-0.1, -0.05) is 0 Å². The van der Waals surface area contributed by atoms with E-state index in [0.717, 1.165) is 35.7 Å². The molecule has 0 radical (unpaired) electrons.